The number of aromatic nitrogens is 1. The average molecular weight is 226 g/mol. The van der Waals surface area contributed by atoms with Gasteiger partial charge in [-0.25, -0.2) is 0 Å². The molecule has 2 rings (SSSR count). The zero-order valence-corrected chi connectivity index (χ0v) is 10.2. The Morgan fingerprint density at radius 3 is 3.00 bits per heavy atom. The van der Waals surface area contributed by atoms with Crippen LogP contribution >= 0.6 is 11.8 Å². The van der Waals surface area contributed by atoms with E-state index >= 15 is 0 Å². The maximum absolute atomic E-state index is 5.12. The monoisotopic (exact) mass is 226 g/mol. The summed E-state index contributed by atoms with van der Waals surface area (Å²) in [5.74, 6) is 4.45. The summed E-state index contributed by atoms with van der Waals surface area (Å²) < 4.78 is 5.12. The molecule has 1 fully saturated rings. The van der Waals surface area contributed by atoms with Crippen molar-refractivity contribution in [1.82, 2.24) is 10.5 Å². The van der Waals surface area contributed by atoms with Gasteiger partial charge in [-0.2, -0.15) is 11.8 Å². The number of aryl methyl sites for hydroxylation is 2. The van der Waals surface area contributed by atoms with Gasteiger partial charge in [-0.3, -0.25) is 0 Å². The highest BCUT2D eigenvalue weighted by atomic mass is 32.2. The third kappa shape index (κ3) is 2.75. The topological polar surface area (TPSA) is 38.1 Å². The average Bonchev–Trinajstić information content (AvgIpc) is 2.82. The third-order valence-electron chi connectivity index (χ3n) is 2.94. The van der Waals surface area contributed by atoms with Crippen molar-refractivity contribution in [2.45, 2.75) is 26.8 Å². The minimum absolute atomic E-state index is 0.857. The predicted molar refractivity (Wildman–Crippen MR) is 63.1 cm³/mol. The lowest BCUT2D eigenvalue weighted by atomic mass is 10.1. The fourth-order valence-electron chi connectivity index (χ4n) is 1.90. The van der Waals surface area contributed by atoms with E-state index in [1.165, 1.54) is 23.5 Å². The number of rotatable bonds is 4. The smallest absolute Gasteiger partial charge is 0.138 e. The maximum atomic E-state index is 5.12. The lowest BCUT2D eigenvalue weighted by Gasteiger charge is -2.09. The van der Waals surface area contributed by atoms with Gasteiger partial charge in [0.15, 0.2) is 0 Å². The van der Waals surface area contributed by atoms with E-state index in [9.17, 15) is 0 Å². The van der Waals surface area contributed by atoms with E-state index in [1.54, 1.807) is 0 Å². The first-order valence-corrected chi connectivity index (χ1v) is 6.63. The molecule has 0 bridgehead atoms. The number of thioether (sulfide) groups is 1. The largest absolute Gasteiger partial charge is 0.361 e. The molecule has 84 valence electrons. The number of hydrogen-bond donors (Lipinski definition) is 1. The van der Waals surface area contributed by atoms with Gasteiger partial charge in [0.25, 0.3) is 0 Å². The van der Waals surface area contributed by atoms with Crippen LogP contribution in [0.3, 0.4) is 0 Å². The summed E-state index contributed by atoms with van der Waals surface area (Å²) in [6.45, 7) is 5.99. The number of nitrogens with zero attached hydrogens (tertiary/aromatic N) is 1. The molecule has 1 saturated heterocycles. The SMILES string of the molecule is Cc1noc(C)c1CNCC1CCSC1. The molecule has 1 aliphatic heterocycles. The van der Waals surface area contributed by atoms with E-state index in [0.29, 0.717) is 0 Å². The Bertz CT molecular complexity index is 299. The molecule has 3 nitrogen and oxygen atoms in total. The highest BCUT2D eigenvalue weighted by Gasteiger charge is 2.15. The highest BCUT2D eigenvalue weighted by Crippen LogP contribution is 2.22. The van der Waals surface area contributed by atoms with Gasteiger partial charge in [-0.1, -0.05) is 5.16 Å². The quantitative estimate of drug-likeness (QED) is 0.853. The van der Waals surface area contributed by atoms with Crippen LogP contribution in [0.1, 0.15) is 23.4 Å². The molecular weight excluding hydrogens is 208 g/mol. The molecule has 1 aromatic rings. The molecule has 1 N–H and O–H groups in total. The second-order valence-corrected chi connectivity index (χ2v) is 5.31. The highest BCUT2D eigenvalue weighted by molar-refractivity contribution is 7.99. The van der Waals surface area contributed by atoms with Crippen LogP contribution < -0.4 is 5.32 Å². The molecule has 0 aromatic carbocycles. The summed E-state index contributed by atoms with van der Waals surface area (Å²) in [5.41, 5.74) is 2.24. The molecule has 1 aliphatic rings. The molecule has 4 heteroatoms. The van der Waals surface area contributed by atoms with Crippen LogP contribution in [0.5, 0.6) is 0 Å². The summed E-state index contributed by atoms with van der Waals surface area (Å²) in [5, 5.41) is 7.45. The van der Waals surface area contributed by atoms with E-state index in [-0.39, 0.29) is 0 Å². The fraction of sp³-hybridized carbons (Fsp3) is 0.727. The van der Waals surface area contributed by atoms with Crippen molar-refractivity contribution in [3.63, 3.8) is 0 Å². The van der Waals surface area contributed by atoms with Crippen molar-refractivity contribution < 1.29 is 4.52 Å². The van der Waals surface area contributed by atoms with Gasteiger partial charge in [0.05, 0.1) is 5.69 Å². The molecule has 15 heavy (non-hydrogen) atoms. The summed E-state index contributed by atoms with van der Waals surface area (Å²) in [7, 11) is 0. The van der Waals surface area contributed by atoms with Gasteiger partial charge in [-0.15, -0.1) is 0 Å². The van der Waals surface area contributed by atoms with Gasteiger partial charge in [0, 0.05) is 12.1 Å². The van der Waals surface area contributed by atoms with Crippen molar-refractivity contribution in [1.29, 1.82) is 0 Å². The first kappa shape index (κ1) is 11.0. The van der Waals surface area contributed by atoms with Crippen molar-refractivity contribution in [2.75, 3.05) is 18.1 Å². The first-order valence-electron chi connectivity index (χ1n) is 5.47. The van der Waals surface area contributed by atoms with Crippen molar-refractivity contribution in [3.05, 3.63) is 17.0 Å². The van der Waals surface area contributed by atoms with Gasteiger partial charge < -0.3 is 9.84 Å². The Morgan fingerprint density at radius 1 is 1.53 bits per heavy atom. The van der Waals surface area contributed by atoms with Crippen molar-refractivity contribution >= 4 is 11.8 Å². The molecule has 2 heterocycles. The standard InChI is InChI=1S/C11H18N2OS/c1-8-11(9(2)14-13-8)6-12-5-10-3-4-15-7-10/h10,12H,3-7H2,1-2H3. The maximum Gasteiger partial charge on any atom is 0.138 e. The Balaban J connectivity index is 1.77. The zero-order chi connectivity index (χ0) is 10.7. The lowest BCUT2D eigenvalue weighted by Crippen LogP contribution is -2.22. The van der Waals surface area contributed by atoms with Gasteiger partial charge in [0.1, 0.15) is 5.76 Å². The molecule has 0 amide bonds. The van der Waals surface area contributed by atoms with Gasteiger partial charge in [0.2, 0.25) is 0 Å². The van der Waals surface area contributed by atoms with E-state index in [1.807, 2.05) is 13.8 Å². The second kappa shape index (κ2) is 5.03. The van der Waals surface area contributed by atoms with Crippen LogP contribution in [-0.2, 0) is 6.54 Å². The molecule has 1 aromatic heterocycles. The van der Waals surface area contributed by atoms with Crippen LogP contribution in [0, 0.1) is 19.8 Å². The Kier molecular flexibility index (Phi) is 3.70. The minimum Gasteiger partial charge on any atom is -0.361 e. The van der Waals surface area contributed by atoms with Crippen LogP contribution in [0.2, 0.25) is 0 Å². The zero-order valence-electron chi connectivity index (χ0n) is 9.38. The molecule has 0 radical (unpaired) electrons. The van der Waals surface area contributed by atoms with Gasteiger partial charge in [-0.05, 0) is 44.2 Å². The normalized spacial score (nSPS) is 21.1. The molecule has 0 aliphatic carbocycles. The van der Waals surface area contributed by atoms with Gasteiger partial charge >= 0.3 is 0 Å². The van der Waals surface area contributed by atoms with E-state index in [2.05, 4.69) is 22.2 Å². The van der Waals surface area contributed by atoms with Crippen molar-refractivity contribution in [3.8, 4) is 0 Å². The Labute approximate surface area is 95.0 Å². The molecule has 0 spiro atoms. The van der Waals surface area contributed by atoms with E-state index in [4.69, 9.17) is 4.52 Å². The Morgan fingerprint density at radius 2 is 2.40 bits per heavy atom. The summed E-state index contributed by atoms with van der Waals surface area (Å²) >= 11 is 2.07. The number of hydrogen-bond acceptors (Lipinski definition) is 4. The summed E-state index contributed by atoms with van der Waals surface area (Å²) in [6.07, 6.45) is 1.36. The summed E-state index contributed by atoms with van der Waals surface area (Å²) in [4.78, 5) is 0. The number of nitrogens with one attached hydrogen (secondary N) is 1. The lowest BCUT2D eigenvalue weighted by molar-refractivity contribution is 0.391. The molecule has 0 saturated carbocycles. The first-order chi connectivity index (χ1) is 7.27. The van der Waals surface area contributed by atoms with E-state index in [0.717, 1.165) is 30.5 Å². The van der Waals surface area contributed by atoms with Crippen LogP contribution in [0.25, 0.3) is 0 Å². The third-order valence-corrected chi connectivity index (χ3v) is 4.17. The van der Waals surface area contributed by atoms with Crippen LogP contribution in [0.15, 0.2) is 4.52 Å². The Hall–Kier alpha value is -0.480. The second-order valence-electron chi connectivity index (χ2n) is 4.16. The van der Waals surface area contributed by atoms with Crippen LogP contribution in [0.4, 0.5) is 0 Å². The van der Waals surface area contributed by atoms with Crippen molar-refractivity contribution in [2.24, 2.45) is 5.92 Å². The fourth-order valence-corrected chi connectivity index (χ4v) is 3.18. The predicted octanol–water partition coefficient (Wildman–Crippen LogP) is 2.13. The molecule has 1 atom stereocenters. The minimum atomic E-state index is 0.857. The molecule has 1 unspecified atom stereocenters. The molecular formula is C11H18N2OS. The summed E-state index contributed by atoms with van der Waals surface area (Å²) in [6, 6.07) is 0. The van der Waals surface area contributed by atoms with E-state index < -0.39 is 0 Å². The van der Waals surface area contributed by atoms with Crippen LogP contribution in [-0.4, -0.2) is 23.2 Å².